The van der Waals surface area contributed by atoms with Crippen LogP contribution in [0.3, 0.4) is 0 Å². The van der Waals surface area contributed by atoms with Crippen LogP contribution in [0.4, 0.5) is 4.39 Å². The molecular weight excluding hydrogens is 313 g/mol. The van der Waals surface area contributed by atoms with Gasteiger partial charge in [0, 0.05) is 13.2 Å². The van der Waals surface area contributed by atoms with Gasteiger partial charge in [0.25, 0.3) is 0 Å². The van der Waals surface area contributed by atoms with Crippen molar-refractivity contribution in [3.8, 4) is 0 Å². The first-order valence-corrected chi connectivity index (χ1v) is 8.56. The van der Waals surface area contributed by atoms with Gasteiger partial charge in [-0.15, -0.1) is 0 Å². The Morgan fingerprint density at radius 3 is 2.86 bits per heavy atom. The summed E-state index contributed by atoms with van der Waals surface area (Å²) in [5.74, 6) is -2.20. The molecule has 1 aliphatic heterocycles. The number of hydrogen-bond donors (Lipinski definition) is 2. The number of aliphatic carboxylic acids is 1. The zero-order valence-electron chi connectivity index (χ0n) is 11.9. The Hall–Kier alpha value is -1.51. The van der Waals surface area contributed by atoms with Gasteiger partial charge in [-0.2, -0.15) is 0 Å². The molecule has 0 aliphatic carbocycles. The first-order chi connectivity index (χ1) is 10.4. The number of nitrogens with one attached hydrogen (secondary N) is 1. The van der Waals surface area contributed by atoms with E-state index in [2.05, 4.69) is 4.72 Å². The van der Waals surface area contributed by atoms with Crippen LogP contribution in [-0.2, 0) is 25.3 Å². The summed E-state index contributed by atoms with van der Waals surface area (Å²) < 4.78 is 44.6. The lowest BCUT2D eigenvalue weighted by Crippen LogP contribution is -2.42. The highest BCUT2D eigenvalue weighted by molar-refractivity contribution is 7.88. The third-order valence-corrected chi connectivity index (χ3v) is 4.82. The van der Waals surface area contributed by atoms with Gasteiger partial charge in [-0.25, -0.2) is 17.5 Å². The van der Waals surface area contributed by atoms with E-state index in [1.165, 1.54) is 18.2 Å². The number of halogens is 1. The van der Waals surface area contributed by atoms with Crippen molar-refractivity contribution in [3.63, 3.8) is 0 Å². The number of rotatable bonds is 7. The SMILES string of the molecule is O=C(O)C(CC1CCOC1)NS(=O)(=O)Cc1cccc(F)c1. The van der Waals surface area contributed by atoms with Crippen molar-refractivity contribution in [2.24, 2.45) is 5.92 Å². The maximum absolute atomic E-state index is 13.1. The van der Waals surface area contributed by atoms with E-state index in [-0.39, 0.29) is 17.9 Å². The highest BCUT2D eigenvalue weighted by atomic mass is 32.2. The molecule has 0 bridgehead atoms. The van der Waals surface area contributed by atoms with Gasteiger partial charge in [0.2, 0.25) is 10.0 Å². The lowest BCUT2D eigenvalue weighted by Gasteiger charge is -2.17. The van der Waals surface area contributed by atoms with E-state index in [0.29, 0.717) is 13.2 Å². The van der Waals surface area contributed by atoms with Crippen LogP contribution in [0, 0.1) is 11.7 Å². The molecule has 0 saturated carbocycles. The first kappa shape index (κ1) is 16.9. The van der Waals surface area contributed by atoms with Crippen molar-refractivity contribution in [2.75, 3.05) is 13.2 Å². The third-order valence-electron chi connectivity index (χ3n) is 3.46. The number of carbonyl (C=O) groups is 1. The average Bonchev–Trinajstić information content (AvgIpc) is 2.90. The molecule has 0 aromatic heterocycles. The van der Waals surface area contributed by atoms with Gasteiger partial charge in [0.05, 0.1) is 5.75 Å². The largest absolute Gasteiger partial charge is 0.480 e. The fraction of sp³-hybridized carbons (Fsp3) is 0.500. The number of carboxylic acids is 1. The predicted octanol–water partition coefficient (Wildman–Crippen LogP) is 1.12. The summed E-state index contributed by atoms with van der Waals surface area (Å²) in [7, 11) is -3.88. The molecular formula is C14H18FNO5S. The summed E-state index contributed by atoms with van der Waals surface area (Å²) in [6, 6.07) is 4.00. The molecule has 122 valence electrons. The minimum absolute atomic E-state index is 0.0259. The molecule has 1 aromatic carbocycles. The third kappa shape index (κ3) is 5.04. The van der Waals surface area contributed by atoms with Crippen molar-refractivity contribution in [1.29, 1.82) is 0 Å². The molecule has 1 aliphatic rings. The Bertz CT molecular complexity index is 628. The lowest BCUT2D eigenvalue weighted by molar-refractivity contribution is -0.139. The van der Waals surface area contributed by atoms with Crippen LogP contribution in [0.25, 0.3) is 0 Å². The molecule has 0 radical (unpaired) electrons. The van der Waals surface area contributed by atoms with Crippen molar-refractivity contribution < 1.29 is 27.4 Å². The fourth-order valence-corrected chi connectivity index (χ4v) is 3.74. The summed E-state index contributed by atoms with van der Waals surface area (Å²) in [6.07, 6.45) is 0.896. The van der Waals surface area contributed by atoms with Crippen LogP contribution in [0.15, 0.2) is 24.3 Å². The van der Waals surface area contributed by atoms with E-state index in [9.17, 15) is 22.7 Å². The van der Waals surface area contributed by atoms with Crippen LogP contribution in [0.2, 0.25) is 0 Å². The van der Waals surface area contributed by atoms with Gasteiger partial charge in [-0.3, -0.25) is 4.79 Å². The number of hydrogen-bond acceptors (Lipinski definition) is 4. The summed E-state index contributed by atoms with van der Waals surface area (Å²) in [4.78, 5) is 11.2. The number of carboxylic acid groups (broad SMARTS) is 1. The van der Waals surface area contributed by atoms with E-state index in [1.807, 2.05) is 0 Å². The lowest BCUT2D eigenvalue weighted by atomic mass is 10.00. The summed E-state index contributed by atoms with van der Waals surface area (Å²) in [6.45, 7) is 1.00. The van der Waals surface area contributed by atoms with E-state index in [1.54, 1.807) is 0 Å². The number of benzene rings is 1. The van der Waals surface area contributed by atoms with Crippen molar-refractivity contribution in [3.05, 3.63) is 35.6 Å². The van der Waals surface area contributed by atoms with E-state index < -0.39 is 33.6 Å². The smallest absolute Gasteiger partial charge is 0.321 e. The van der Waals surface area contributed by atoms with Gasteiger partial charge in [-0.1, -0.05) is 12.1 Å². The number of sulfonamides is 1. The highest BCUT2D eigenvalue weighted by Crippen LogP contribution is 2.19. The molecule has 1 fully saturated rings. The summed E-state index contributed by atoms with van der Waals surface area (Å²) >= 11 is 0. The molecule has 2 rings (SSSR count). The minimum Gasteiger partial charge on any atom is -0.480 e. The van der Waals surface area contributed by atoms with Crippen LogP contribution in [0.1, 0.15) is 18.4 Å². The van der Waals surface area contributed by atoms with Crippen LogP contribution < -0.4 is 4.72 Å². The molecule has 6 nitrogen and oxygen atoms in total. The summed E-state index contributed by atoms with van der Waals surface area (Å²) in [5, 5.41) is 9.18. The van der Waals surface area contributed by atoms with E-state index >= 15 is 0 Å². The molecule has 22 heavy (non-hydrogen) atoms. The molecule has 8 heteroatoms. The second kappa shape index (κ2) is 7.17. The highest BCUT2D eigenvalue weighted by Gasteiger charge is 2.29. The fourth-order valence-electron chi connectivity index (χ4n) is 2.41. The Morgan fingerprint density at radius 2 is 2.27 bits per heavy atom. The Balaban J connectivity index is 2.02. The molecule has 1 heterocycles. The normalized spacial score (nSPS) is 20.0. The van der Waals surface area contributed by atoms with Gasteiger partial charge >= 0.3 is 5.97 Å². The average molecular weight is 331 g/mol. The second-order valence-corrected chi connectivity index (χ2v) is 7.12. The number of ether oxygens (including phenoxy) is 1. The molecule has 1 saturated heterocycles. The minimum atomic E-state index is -3.88. The monoisotopic (exact) mass is 331 g/mol. The molecule has 1 aromatic rings. The van der Waals surface area contributed by atoms with E-state index in [4.69, 9.17) is 4.74 Å². The van der Waals surface area contributed by atoms with Crippen LogP contribution in [0.5, 0.6) is 0 Å². The Kier molecular flexibility index (Phi) is 5.49. The zero-order valence-corrected chi connectivity index (χ0v) is 12.7. The van der Waals surface area contributed by atoms with Crippen LogP contribution >= 0.6 is 0 Å². The van der Waals surface area contributed by atoms with Gasteiger partial charge in [-0.05, 0) is 36.5 Å². The van der Waals surface area contributed by atoms with Crippen molar-refractivity contribution >= 4 is 16.0 Å². The second-order valence-electron chi connectivity index (χ2n) is 5.36. The van der Waals surface area contributed by atoms with Crippen molar-refractivity contribution in [1.82, 2.24) is 4.72 Å². The maximum Gasteiger partial charge on any atom is 0.321 e. The van der Waals surface area contributed by atoms with E-state index in [0.717, 1.165) is 12.5 Å². The van der Waals surface area contributed by atoms with Gasteiger partial charge in [0.15, 0.2) is 0 Å². The maximum atomic E-state index is 13.1. The molecule has 2 N–H and O–H groups in total. The molecule has 0 spiro atoms. The Labute approximate surface area is 128 Å². The van der Waals surface area contributed by atoms with Crippen molar-refractivity contribution in [2.45, 2.75) is 24.6 Å². The standard InChI is InChI=1S/C14H18FNO5S/c15-12-3-1-2-11(6-12)9-22(19,20)16-13(14(17)18)7-10-4-5-21-8-10/h1-3,6,10,13,16H,4-5,7-9H2,(H,17,18). The zero-order chi connectivity index (χ0) is 16.2. The first-order valence-electron chi connectivity index (χ1n) is 6.91. The van der Waals surface area contributed by atoms with Crippen LogP contribution in [-0.4, -0.2) is 38.7 Å². The molecule has 2 atom stereocenters. The van der Waals surface area contributed by atoms with Gasteiger partial charge in [0.1, 0.15) is 11.9 Å². The predicted molar refractivity (Wildman–Crippen MR) is 77.1 cm³/mol. The molecule has 0 amide bonds. The topological polar surface area (TPSA) is 92.7 Å². The summed E-state index contributed by atoms with van der Waals surface area (Å²) in [5.41, 5.74) is 0.265. The molecule has 2 unspecified atom stereocenters. The van der Waals surface area contributed by atoms with Gasteiger partial charge < -0.3 is 9.84 Å². The quantitative estimate of drug-likeness (QED) is 0.781. The Morgan fingerprint density at radius 1 is 1.50 bits per heavy atom.